The molecule has 0 bridgehead atoms. The Labute approximate surface area is 340 Å². The maximum Gasteiger partial charge on any atom is 0.178 e. The van der Waals surface area contributed by atoms with Crippen molar-refractivity contribution in [3.63, 3.8) is 0 Å². The lowest BCUT2D eigenvalue weighted by Crippen LogP contribution is -2.14. The van der Waals surface area contributed by atoms with E-state index in [-0.39, 0.29) is 5.41 Å². The maximum absolute atomic E-state index is 6.57. The maximum atomic E-state index is 6.57. The average Bonchev–Trinajstić information content (AvgIpc) is 3.93. The van der Waals surface area contributed by atoms with E-state index in [1.807, 2.05) is 12.1 Å². The van der Waals surface area contributed by atoms with Gasteiger partial charge in [0.05, 0.1) is 0 Å². The molecule has 2 nitrogen and oxygen atoms in total. The summed E-state index contributed by atoms with van der Waals surface area (Å²) in [5.74, 6) is 0. The van der Waals surface area contributed by atoms with Crippen LogP contribution in [0.3, 0.4) is 0 Å². The third kappa shape index (κ3) is 4.63. The van der Waals surface area contributed by atoms with Crippen molar-refractivity contribution in [2.24, 2.45) is 0 Å². The van der Waals surface area contributed by atoms with Gasteiger partial charge in [0, 0.05) is 27.0 Å². The van der Waals surface area contributed by atoms with Gasteiger partial charge in [-0.05, 0) is 149 Å². The zero-order valence-corrected chi connectivity index (χ0v) is 32.6. The van der Waals surface area contributed by atoms with Crippen LogP contribution in [0.15, 0.2) is 191 Å². The first-order chi connectivity index (χ1) is 29.0. The van der Waals surface area contributed by atoms with Gasteiger partial charge in [0.1, 0.15) is 11.2 Å². The number of benzene rings is 10. The van der Waals surface area contributed by atoms with Crippen LogP contribution in [0.25, 0.3) is 121 Å². The molecule has 0 spiro atoms. The summed E-state index contributed by atoms with van der Waals surface area (Å²) in [5.41, 5.74) is 15.7. The molecular formula is C57H36O2. The van der Waals surface area contributed by atoms with Crippen LogP contribution in [0.5, 0.6) is 0 Å². The van der Waals surface area contributed by atoms with E-state index in [0.717, 1.165) is 55.0 Å². The van der Waals surface area contributed by atoms with Crippen LogP contribution < -0.4 is 0 Å². The monoisotopic (exact) mass is 752 g/mol. The predicted octanol–water partition coefficient (Wildman–Crippen LogP) is 16.3. The molecule has 10 aromatic carbocycles. The summed E-state index contributed by atoms with van der Waals surface area (Å²) >= 11 is 0. The molecule has 1 aliphatic rings. The van der Waals surface area contributed by atoms with Gasteiger partial charge in [-0.15, -0.1) is 0 Å². The highest BCUT2D eigenvalue weighted by atomic mass is 16.4. The van der Waals surface area contributed by atoms with Crippen molar-refractivity contribution in [3.05, 3.63) is 193 Å². The van der Waals surface area contributed by atoms with E-state index < -0.39 is 0 Å². The van der Waals surface area contributed by atoms with E-state index in [2.05, 4.69) is 184 Å². The molecule has 13 rings (SSSR count). The summed E-state index contributed by atoms with van der Waals surface area (Å²) in [6.07, 6.45) is 0. The van der Waals surface area contributed by atoms with Gasteiger partial charge in [-0.2, -0.15) is 0 Å². The Hall–Kier alpha value is -7.42. The van der Waals surface area contributed by atoms with Crippen molar-refractivity contribution in [1.29, 1.82) is 0 Å². The normalized spacial score (nSPS) is 13.4. The number of para-hydroxylation sites is 1. The molecule has 0 N–H and O–H groups in total. The highest BCUT2D eigenvalue weighted by Crippen LogP contribution is 2.50. The van der Waals surface area contributed by atoms with Crippen molar-refractivity contribution in [2.75, 3.05) is 0 Å². The van der Waals surface area contributed by atoms with Gasteiger partial charge in [-0.3, -0.25) is 0 Å². The number of rotatable bonds is 3. The molecule has 1 aliphatic carbocycles. The Kier molecular flexibility index (Phi) is 6.54. The van der Waals surface area contributed by atoms with Crippen molar-refractivity contribution < 1.29 is 8.83 Å². The first kappa shape index (κ1) is 32.6. The first-order valence-corrected chi connectivity index (χ1v) is 20.5. The summed E-state index contributed by atoms with van der Waals surface area (Å²) in [6, 6.07) is 66.9. The summed E-state index contributed by atoms with van der Waals surface area (Å²) in [7, 11) is 0. The van der Waals surface area contributed by atoms with Crippen molar-refractivity contribution >= 4 is 76.2 Å². The molecule has 2 heteroatoms. The SMILES string of the molecule is CC1(C)c2ccccc2-c2ccc(-c3cc(-c4ccc5oc6c(ccc7c8ccccc8oc76)c5c4)cc(-c4ccc5c6ccccc6c6ccccc6c5c4)c3)cc21. The van der Waals surface area contributed by atoms with Crippen LogP contribution >= 0.6 is 0 Å². The topological polar surface area (TPSA) is 26.3 Å². The second kappa shape index (κ2) is 11.8. The molecule has 2 heterocycles. The van der Waals surface area contributed by atoms with Gasteiger partial charge in [0.25, 0.3) is 0 Å². The molecule has 0 saturated carbocycles. The smallest absolute Gasteiger partial charge is 0.178 e. The van der Waals surface area contributed by atoms with Crippen LogP contribution in [0, 0.1) is 0 Å². The minimum atomic E-state index is -0.0941. The standard InChI is InChI=1S/C57H36O2/c1-57(2)51-17-9-7-15-44(51)45-23-20-35(32-52(45)57)38-28-36(33-19-22-43-41-13-4-3-11-39(41)40-12-5-6-14-42(40)49(43)30-33)27-37(29-38)34-21-26-54-50(31-34)48-25-24-47-46-16-8-10-18-53(46)58-55(47)56(48)59-54/h3-32H,1-2H3. The Morgan fingerprint density at radius 3 is 1.41 bits per heavy atom. The highest BCUT2D eigenvalue weighted by molar-refractivity contribution is 6.26. The summed E-state index contributed by atoms with van der Waals surface area (Å²) in [4.78, 5) is 0. The Bertz CT molecular complexity index is 3730. The predicted molar refractivity (Wildman–Crippen MR) is 247 cm³/mol. The van der Waals surface area contributed by atoms with E-state index in [1.165, 1.54) is 76.8 Å². The second-order valence-electron chi connectivity index (χ2n) is 16.8. The van der Waals surface area contributed by atoms with Gasteiger partial charge in [0.15, 0.2) is 11.2 Å². The first-order valence-electron chi connectivity index (χ1n) is 20.5. The van der Waals surface area contributed by atoms with E-state index >= 15 is 0 Å². The number of hydrogen-bond acceptors (Lipinski definition) is 2. The van der Waals surface area contributed by atoms with E-state index in [0.29, 0.717) is 0 Å². The fourth-order valence-corrected chi connectivity index (χ4v) is 10.3. The van der Waals surface area contributed by atoms with Crippen LogP contribution in [0.2, 0.25) is 0 Å². The molecule has 12 aromatic rings. The van der Waals surface area contributed by atoms with Crippen molar-refractivity contribution in [2.45, 2.75) is 19.3 Å². The lowest BCUT2D eigenvalue weighted by Gasteiger charge is -2.22. The molecule has 0 amide bonds. The minimum absolute atomic E-state index is 0.0941. The minimum Gasteiger partial charge on any atom is -0.452 e. The average molecular weight is 753 g/mol. The number of fused-ring (bicyclic) bond motifs is 16. The number of furan rings is 2. The quantitative estimate of drug-likeness (QED) is 0.168. The van der Waals surface area contributed by atoms with Gasteiger partial charge >= 0.3 is 0 Å². The third-order valence-electron chi connectivity index (χ3n) is 13.2. The van der Waals surface area contributed by atoms with Crippen LogP contribution in [0.4, 0.5) is 0 Å². The zero-order chi connectivity index (χ0) is 39.0. The molecule has 0 saturated heterocycles. The molecule has 59 heavy (non-hydrogen) atoms. The summed E-state index contributed by atoms with van der Waals surface area (Å²) in [5, 5.41) is 12.0. The highest BCUT2D eigenvalue weighted by Gasteiger charge is 2.35. The Balaban J connectivity index is 1.03. The van der Waals surface area contributed by atoms with Gasteiger partial charge in [-0.25, -0.2) is 0 Å². The van der Waals surface area contributed by atoms with Crippen LogP contribution in [0.1, 0.15) is 25.0 Å². The zero-order valence-electron chi connectivity index (χ0n) is 32.6. The molecular weight excluding hydrogens is 717 g/mol. The molecule has 0 aliphatic heterocycles. The molecule has 0 unspecified atom stereocenters. The van der Waals surface area contributed by atoms with E-state index in [1.54, 1.807) is 0 Å². The second-order valence-corrected chi connectivity index (χ2v) is 16.8. The molecule has 0 fully saturated rings. The number of hydrogen-bond donors (Lipinski definition) is 0. The lowest BCUT2D eigenvalue weighted by molar-refractivity contribution is 0.633. The van der Waals surface area contributed by atoms with E-state index in [9.17, 15) is 0 Å². The van der Waals surface area contributed by atoms with Crippen molar-refractivity contribution in [3.8, 4) is 44.5 Å². The fraction of sp³-hybridized carbons (Fsp3) is 0.0526. The Morgan fingerprint density at radius 2 is 0.729 bits per heavy atom. The Morgan fingerprint density at radius 1 is 0.288 bits per heavy atom. The fourth-order valence-electron chi connectivity index (χ4n) is 10.3. The largest absolute Gasteiger partial charge is 0.452 e. The summed E-state index contributed by atoms with van der Waals surface area (Å²) in [6.45, 7) is 4.71. The van der Waals surface area contributed by atoms with Crippen LogP contribution in [-0.4, -0.2) is 0 Å². The van der Waals surface area contributed by atoms with Crippen molar-refractivity contribution in [1.82, 2.24) is 0 Å². The van der Waals surface area contributed by atoms with Gasteiger partial charge in [-0.1, -0.05) is 135 Å². The van der Waals surface area contributed by atoms with E-state index in [4.69, 9.17) is 8.83 Å². The van der Waals surface area contributed by atoms with Gasteiger partial charge in [0.2, 0.25) is 0 Å². The third-order valence-corrected chi connectivity index (χ3v) is 13.2. The lowest BCUT2D eigenvalue weighted by atomic mass is 9.81. The molecule has 276 valence electrons. The molecule has 2 aromatic heterocycles. The van der Waals surface area contributed by atoms with Crippen LogP contribution in [-0.2, 0) is 5.41 Å². The molecule has 0 radical (unpaired) electrons. The van der Waals surface area contributed by atoms with Gasteiger partial charge < -0.3 is 8.83 Å². The molecule has 0 atom stereocenters. The summed E-state index contributed by atoms with van der Waals surface area (Å²) < 4.78 is 13.0.